The Labute approximate surface area is 130 Å². The summed E-state index contributed by atoms with van der Waals surface area (Å²) in [5.41, 5.74) is 0.915. The minimum absolute atomic E-state index is 0.0145. The number of fused-ring (bicyclic) bond motifs is 1. The molecule has 2 saturated heterocycles. The lowest BCUT2D eigenvalue weighted by Crippen LogP contribution is -2.60. The highest BCUT2D eigenvalue weighted by Crippen LogP contribution is 2.26. The Morgan fingerprint density at radius 1 is 1.41 bits per heavy atom. The average molecular weight is 302 g/mol. The molecule has 1 aromatic carbocycles. The summed E-state index contributed by atoms with van der Waals surface area (Å²) in [6.45, 7) is 3.34. The van der Waals surface area contributed by atoms with Crippen molar-refractivity contribution in [2.75, 3.05) is 20.2 Å². The van der Waals surface area contributed by atoms with Crippen LogP contribution in [0.2, 0.25) is 0 Å². The van der Waals surface area contributed by atoms with Crippen molar-refractivity contribution < 1.29 is 14.3 Å². The first kappa shape index (κ1) is 14.9. The number of hydrogen-bond donors (Lipinski definition) is 0. The van der Waals surface area contributed by atoms with Gasteiger partial charge in [-0.15, -0.1) is 0 Å². The molecule has 0 saturated carbocycles. The van der Waals surface area contributed by atoms with E-state index < -0.39 is 0 Å². The van der Waals surface area contributed by atoms with Gasteiger partial charge in [0, 0.05) is 19.1 Å². The fraction of sp³-hybridized carbons (Fsp3) is 0.529. The Kier molecular flexibility index (Phi) is 4.05. The number of nitrogens with zero attached hydrogens (tertiary/aromatic N) is 2. The highest BCUT2D eigenvalue weighted by Gasteiger charge is 2.41. The maximum atomic E-state index is 12.6. The maximum absolute atomic E-state index is 12.6. The molecular formula is C17H22N2O3. The van der Waals surface area contributed by atoms with Gasteiger partial charge in [-0.05, 0) is 37.5 Å². The number of rotatable bonds is 3. The highest BCUT2D eigenvalue weighted by atomic mass is 16.5. The minimum Gasteiger partial charge on any atom is -0.497 e. The van der Waals surface area contributed by atoms with Crippen LogP contribution in [-0.2, 0) is 16.0 Å². The van der Waals surface area contributed by atoms with Crippen LogP contribution in [0.3, 0.4) is 0 Å². The third kappa shape index (κ3) is 2.67. The van der Waals surface area contributed by atoms with Crippen molar-refractivity contribution in [2.45, 2.75) is 38.3 Å². The normalized spacial score (nSPS) is 24.4. The van der Waals surface area contributed by atoms with E-state index in [1.54, 1.807) is 12.0 Å². The molecule has 2 amide bonds. The van der Waals surface area contributed by atoms with Crippen molar-refractivity contribution in [3.63, 3.8) is 0 Å². The second-order valence-electron chi connectivity index (χ2n) is 6.08. The predicted molar refractivity (Wildman–Crippen MR) is 82.6 cm³/mol. The molecule has 22 heavy (non-hydrogen) atoms. The lowest BCUT2D eigenvalue weighted by atomic mass is 10.0. The molecule has 0 bridgehead atoms. The van der Waals surface area contributed by atoms with E-state index in [-0.39, 0.29) is 23.9 Å². The van der Waals surface area contributed by atoms with E-state index in [1.807, 2.05) is 36.1 Å². The number of ether oxygens (including phenoxy) is 1. The van der Waals surface area contributed by atoms with Crippen LogP contribution in [0.4, 0.5) is 0 Å². The fourth-order valence-electron chi connectivity index (χ4n) is 3.45. The summed E-state index contributed by atoms with van der Waals surface area (Å²) in [4.78, 5) is 28.7. The summed E-state index contributed by atoms with van der Waals surface area (Å²) in [6, 6.07) is 7.38. The average Bonchev–Trinajstić information content (AvgIpc) is 2.99. The summed E-state index contributed by atoms with van der Waals surface area (Å²) >= 11 is 0. The van der Waals surface area contributed by atoms with Crippen molar-refractivity contribution >= 4 is 11.8 Å². The Morgan fingerprint density at radius 3 is 3.00 bits per heavy atom. The topological polar surface area (TPSA) is 49.9 Å². The first-order valence-electron chi connectivity index (χ1n) is 7.83. The van der Waals surface area contributed by atoms with E-state index in [2.05, 4.69) is 0 Å². The first-order chi connectivity index (χ1) is 10.6. The van der Waals surface area contributed by atoms with Gasteiger partial charge in [0.2, 0.25) is 11.8 Å². The number of amides is 2. The van der Waals surface area contributed by atoms with Gasteiger partial charge in [0.25, 0.3) is 0 Å². The molecule has 0 aromatic heterocycles. The van der Waals surface area contributed by atoms with Crippen LogP contribution in [0.5, 0.6) is 5.75 Å². The number of carbonyl (C=O) groups is 2. The lowest BCUT2D eigenvalue weighted by Gasteiger charge is -2.41. The smallest absolute Gasteiger partial charge is 0.245 e. The molecule has 0 unspecified atom stereocenters. The van der Waals surface area contributed by atoms with Crippen LogP contribution < -0.4 is 4.74 Å². The maximum Gasteiger partial charge on any atom is 0.245 e. The first-order valence-corrected chi connectivity index (χ1v) is 7.83. The largest absolute Gasteiger partial charge is 0.497 e. The van der Waals surface area contributed by atoms with Gasteiger partial charge in [-0.25, -0.2) is 0 Å². The molecule has 0 N–H and O–H groups in total. The van der Waals surface area contributed by atoms with Gasteiger partial charge in [0.1, 0.15) is 11.8 Å². The van der Waals surface area contributed by atoms with Gasteiger partial charge in [-0.3, -0.25) is 9.59 Å². The SMILES string of the molecule is COc1cccc(CC(=O)N2C[C@H]3CCCN3C(=O)[C@H]2C)c1. The van der Waals surface area contributed by atoms with Gasteiger partial charge in [-0.2, -0.15) is 0 Å². The quantitative estimate of drug-likeness (QED) is 0.849. The third-order valence-electron chi connectivity index (χ3n) is 4.70. The zero-order valence-corrected chi connectivity index (χ0v) is 13.1. The van der Waals surface area contributed by atoms with Crippen LogP contribution in [0.1, 0.15) is 25.3 Å². The molecule has 3 rings (SSSR count). The third-order valence-corrected chi connectivity index (χ3v) is 4.70. The second kappa shape index (κ2) is 5.99. The molecule has 0 aliphatic carbocycles. The number of methoxy groups -OCH3 is 1. The van der Waals surface area contributed by atoms with Crippen molar-refractivity contribution in [1.29, 1.82) is 0 Å². The van der Waals surface area contributed by atoms with E-state index in [0.717, 1.165) is 30.7 Å². The van der Waals surface area contributed by atoms with Crippen LogP contribution in [0.15, 0.2) is 24.3 Å². The van der Waals surface area contributed by atoms with Crippen LogP contribution in [0, 0.1) is 0 Å². The van der Waals surface area contributed by atoms with Gasteiger partial charge in [0.05, 0.1) is 13.5 Å². The van der Waals surface area contributed by atoms with Crippen molar-refractivity contribution in [2.24, 2.45) is 0 Å². The Hall–Kier alpha value is -2.04. The number of hydrogen-bond acceptors (Lipinski definition) is 3. The van der Waals surface area contributed by atoms with E-state index in [4.69, 9.17) is 4.74 Å². The standard InChI is InChI=1S/C17H22N2O3/c1-12-17(21)18-8-4-6-14(18)11-19(12)16(20)10-13-5-3-7-15(9-13)22-2/h3,5,7,9,12,14H,4,6,8,10-11H2,1-2H3/t12-,14-/m1/s1. The Balaban J connectivity index is 1.72. The molecule has 2 fully saturated rings. The number of piperazine rings is 1. The van der Waals surface area contributed by atoms with Crippen molar-refractivity contribution in [3.8, 4) is 5.75 Å². The molecule has 1 aromatic rings. The summed E-state index contributed by atoms with van der Waals surface area (Å²) in [6.07, 6.45) is 2.35. The molecule has 2 aliphatic rings. The molecule has 118 valence electrons. The van der Waals surface area contributed by atoms with Gasteiger partial charge in [-0.1, -0.05) is 12.1 Å². The molecule has 2 heterocycles. The molecule has 5 nitrogen and oxygen atoms in total. The van der Waals surface area contributed by atoms with Crippen LogP contribution in [-0.4, -0.2) is 53.9 Å². The van der Waals surface area contributed by atoms with E-state index in [9.17, 15) is 9.59 Å². The zero-order chi connectivity index (χ0) is 15.7. The molecule has 0 radical (unpaired) electrons. The second-order valence-corrected chi connectivity index (χ2v) is 6.08. The molecule has 2 atom stereocenters. The Bertz CT molecular complexity index is 587. The molecule has 0 spiro atoms. The number of benzene rings is 1. The zero-order valence-electron chi connectivity index (χ0n) is 13.1. The van der Waals surface area contributed by atoms with Crippen LogP contribution in [0.25, 0.3) is 0 Å². The summed E-state index contributed by atoms with van der Waals surface area (Å²) < 4.78 is 5.19. The fourth-order valence-corrected chi connectivity index (χ4v) is 3.45. The Morgan fingerprint density at radius 2 is 2.23 bits per heavy atom. The minimum atomic E-state index is -0.354. The van der Waals surface area contributed by atoms with E-state index >= 15 is 0 Å². The molecular weight excluding hydrogens is 280 g/mol. The van der Waals surface area contributed by atoms with Crippen molar-refractivity contribution in [1.82, 2.24) is 9.80 Å². The lowest BCUT2D eigenvalue weighted by molar-refractivity contribution is -0.152. The molecule has 2 aliphatic heterocycles. The highest BCUT2D eigenvalue weighted by molar-refractivity contribution is 5.89. The van der Waals surface area contributed by atoms with Gasteiger partial charge >= 0.3 is 0 Å². The van der Waals surface area contributed by atoms with Gasteiger partial charge in [0.15, 0.2) is 0 Å². The predicted octanol–water partition coefficient (Wildman–Crippen LogP) is 1.46. The molecule has 5 heteroatoms. The monoisotopic (exact) mass is 302 g/mol. The number of carbonyl (C=O) groups excluding carboxylic acids is 2. The summed E-state index contributed by atoms with van der Waals surface area (Å²) in [5, 5.41) is 0. The summed E-state index contributed by atoms with van der Waals surface area (Å²) in [7, 11) is 1.61. The summed E-state index contributed by atoms with van der Waals surface area (Å²) in [5.74, 6) is 0.850. The van der Waals surface area contributed by atoms with Gasteiger partial charge < -0.3 is 14.5 Å². The van der Waals surface area contributed by atoms with E-state index in [0.29, 0.717) is 13.0 Å². The van der Waals surface area contributed by atoms with Crippen LogP contribution >= 0.6 is 0 Å². The van der Waals surface area contributed by atoms with E-state index in [1.165, 1.54) is 0 Å². The van der Waals surface area contributed by atoms with Crippen molar-refractivity contribution in [3.05, 3.63) is 29.8 Å².